The number of hydrogen-bond donors (Lipinski definition) is 1. The maximum atomic E-state index is 10.7. The number of phenolic OH excluding ortho intramolecular Hbond substituents is 1. The highest BCUT2D eigenvalue weighted by Crippen LogP contribution is 2.43. The molecule has 6 heteroatoms. The van der Waals surface area contributed by atoms with Gasteiger partial charge in [0.25, 0.3) is 0 Å². The number of piperazine rings is 1. The second-order valence-corrected chi connectivity index (χ2v) is 6.78. The second-order valence-electron chi connectivity index (χ2n) is 6.78. The van der Waals surface area contributed by atoms with Gasteiger partial charge in [-0.05, 0) is 30.8 Å². The van der Waals surface area contributed by atoms with E-state index in [0.29, 0.717) is 11.5 Å². The minimum atomic E-state index is -0.0518. The molecule has 0 unspecified atom stereocenters. The zero-order valence-corrected chi connectivity index (χ0v) is 15.1. The molecule has 26 heavy (non-hydrogen) atoms. The summed E-state index contributed by atoms with van der Waals surface area (Å²) in [4.78, 5) is 4.72. The number of methoxy groups -OCH3 is 1. The highest BCUT2D eigenvalue weighted by atomic mass is 16.7. The van der Waals surface area contributed by atoms with Crippen molar-refractivity contribution in [2.45, 2.75) is 6.04 Å². The Morgan fingerprint density at radius 2 is 1.65 bits per heavy atom. The number of benzene rings is 2. The van der Waals surface area contributed by atoms with Crippen LogP contribution < -0.4 is 14.2 Å². The maximum Gasteiger partial charge on any atom is 0.231 e. The number of hydrogen-bond acceptors (Lipinski definition) is 6. The van der Waals surface area contributed by atoms with Gasteiger partial charge in [0.1, 0.15) is 11.5 Å². The van der Waals surface area contributed by atoms with E-state index in [1.807, 2.05) is 18.2 Å². The Morgan fingerprint density at radius 1 is 1.00 bits per heavy atom. The number of likely N-dealkylation sites (N-methyl/N-ethyl adjacent to an activating group) is 1. The highest BCUT2D eigenvalue weighted by molar-refractivity contribution is 5.54. The standard InChI is InChI=1S/C20H24N2O4/c1-21-7-9-22(10-8-21)20(14-3-5-15(24-2)6-4-14)16-11-18-19(12-17(16)23)26-13-25-18/h3-6,11-12,20,23H,7-10,13H2,1-2H3/t20-/m0/s1. The average molecular weight is 356 g/mol. The van der Waals surface area contributed by atoms with Crippen molar-refractivity contribution in [3.05, 3.63) is 47.5 Å². The molecule has 0 radical (unpaired) electrons. The number of phenols is 1. The summed E-state index contributed by atoms with van der Waals surface area (Å²) in [6.07, 6.45) is 0. The molecule has 2 aliphatic rings. The van der Waals surface area contributed by atoms with Crippen molar-refractivity contribution in [1.29, 1.82) is 0 Å². The van der Waals surface area contributed by atoms with E-state index in [9.17, 15) is 5.11 Å². The van der Waals surface area contributed by atoms with E-state index in [4.69, 9.17) is 14.2 Å². The van der Waals surface area contributed by atoms with E-state index in [1.54, 1.807) is 13.2 Å². The first-order valence-corrected chi connectivity index (χ1v) is 8.85. The Morgan fingerprint density at radius 3 is 2.31 bits per heavy atom. The van der Waals surface area contributed by atoms with Crippen LogP contribution in [0.25, 0.3) is 0 Å². The molecule has 2 heterocycles. The molecule has 1 N–H and O–H groups in total. The van der Waals surface area contributed by atoms with Crippen LogP contribution in [0, 0.1) is 0 Å². The number of rotatable bonds is 4. The van der Waals surface area contributed by atoms with Gasteiger partial charge in [-0.15, -0.1) is 0 Å². The third-order valence-corrected chi connectivity index (χ3v) is 5.15. The third kappa shape index (κ3) is 3.18. The van der Waals surface area contributed by atoms with Gasteiger partial charge in [0.2, 0.25) is 6.79 Å². The molecule has 0 aliphatic carbocycles. The molecule has 1 fully saturated rings. The van der Waals surface area contributed by atoms with E-state index in [2.05, 4.69) is 29.0 Å². The summed E-state index contributed by atoms with van der Waals surface area (Å²) in [7, 11) is 3.80. The van der Waals surface area contributed by atoms with Crippen LogP contribution in [0.4, 0.5) is 0 Å². The summed E-state index contributed by atoms with van der Waals surface area (Å²) in [5.74, 6) is 2.33. The van der Waals surface area contributed by atoms with Crippen LogP contribution in [0.3, 0.4) is 0 Å². The summed E-state index contributed by atoms with van der Waals surface area (Å²) >= 11 is 0. The van der Waals surface area contributed by atoms with Gasteiger partial charge in [-0.25, -0.2) is 0 Å². The maximum absolute atomic E-state index is 10.7. The van der Waals surface area contributed by atoms with Crippen LogP contribution in [0.15, 0.2) is 36.4 Å². The molecule has 6 nitrogen and oxygen atoms in total. The number of ether oxygens (including phenoxy) is 3. The monoisotopic (exact) mass is 356 g/mol. The van der Waals surface area contributed by atoms with Crippen molar-refractivity contribution in [3.63, 3.8) is 0 Å². The molecule has 2 aromatic carbocycles. The number of fused-ring (bicyclic) bond motifs is 1. The van der Waals surface area contributed by atoms with Crippen molar-refractivity contribution in [2.75, 3.05) is 47.1 Å². The Bertz CT molecular complexity index is 770. The molecule has 2 aromatic rings. The van der Waals surface area contributed by atoms with Gasteiger partial charge in [-0.2, -0.15) is 0 Å². The summed E-state index contributed by atoms with van der Waals surface area (Å²) < 4.78 is 16.2. The fourth-order valence-corrected chi connectivity index (χ4v) is 3.62. The van der Waals surface area contributed by atoms with Crippen LogP contribution in [-0.2, 0) is 0 Å². The summed E-state index contributed by atoms with van der Waals surface area (Å²) in [6, 6.07) is 11.6. The fourth-order valence-electron chi connectivity index (χ4n) is 3.62. The molecule has 0 aromatic heterocycles. The average Bonchev–Trinajstić information content (AvgIpc) is 3.11. The third-order valence-electron chi connectivity index (χ3n) is 5.15. The van der Waals surface area contributed by atoms with Gasteiger partial charge in [0.15, 0.2) is 11.5 Å². The van der Waals surface area contributed by atoms with E-state index >= 15 is 0 Å². The van der Waals surface area contributed by atoms with E-state index in [1.165, 1.54) is 0 Å². The molecular weight excluding hydrogens is 332 g/mol. The molecule has 0 amide bonds. The zero-order valence-electron chi connectivity index (χ0n) is 15.1. The Hall–Kier alpha value is -2.44. The molecule has 0 saturated carbocycles. The lowest BCUT2D eigenvalue weighted by atomic mass is 9.95. The molecule has 2 aliphatic heterocycles. The van der Waals surface area contributed by atoms with E-state index in [-0.39, 0.29) is 18.6 Å². The quantitative estimate of drug-likeness (QED) is 0.908. The topological polar surface area (TPSA) is 54.4 Å². The zero-order chi connectivity index (χ0) is 18.1. The minimum absolute atomic E-state index is 0.0518. The van der Waals surface area contributed by atoms with Crippen LogP contribution in [0.5, 0.6) is 23.0 Å². The number of nitrogens with zero attached hydrogens (tertiary/aromatic N) is 2. The fraction of sp³-hybridized carbons (Fsp3) is 0.400. The Labute approximate surface area is 153 Å². The minimum Gasteiger partial charge on any atom is -0.507 e. The summed E-state index contributed by atoms with van der Waals surface area (Å²) in [5, 5.41) is 10.7. The van der Waals surface area contributed by atoms with Gasteiger partial charge in [0.05, 0.1) is 13.2 Å². The van der Waals surface area contributed by atoms with Gasteiger partial charge < -0.3 is 24.2 Å². The van der Waals surface area contributed by atoms with Gasteiger partial charge in [-0.1, -0.05) is 12.1 Å². The smallest absolute Gasteiger partial charge is 0.231 e. The normalized spacial score (nSPS) is 18.7. The van der Waals surface area contributed by atoms with Crippen molar-refractivity contribution in [3.8, 4) is 23.0 Å². The molecule has 138 valence electrons. The van der Waals surface area contributed by atoms with E-state index < -0.39 is 0 Å². The van der Waals surface area contributed by atoms with E-state index in [0.717, 1.165) is 43.1 Å². The van der Waals surface area contributed by atoms with Crippen molar-refractivity contribution in [2.24, 2.45) is 0 Å². The number of aromatic hydroxyl groups is 1. The lowest BCUT2D eigenvalue weighted by Gasteiger charge is -2.38. The molecular formula is C20H24N2O4. The molecule has 1 saturated heterocycles. The van der Waals surface area contributed by atoms with Crippen LogP contribution in [0.1, 0.15) is 17.2 Å². The van der Waals surface area contributed by atoms with Crippen LogP contribution >= 0.6 is 0 Å². The highest BCUT2D eigenvalue weighted by Gasteiger charge is 2.29. The van der Waals surface area contributed by atoms with Crippen molar-refractivity contribution in [1.82, 2.24) is 9.80 Å². The Balaban J connectivity index is 1.75. The van der Waals surface area contributed by atoms with Crippen LogP contribution in [-0.4, -0.2) is 62.0 Å². The predicted molar refractivity (Wildman–Crippen MR) is 98.1 cm³/mol. The van der Waals surface area contributed by atoms with Gasteiger partial charge in [0, 0.05) is 37.8 Å². The van der Waals surface area contributed by atoms with Crippen LogP contribution in [0.2, 0.25) is 0 Å². The second kappa shape index (κ2) is 7.05. The summed E-state index contributed by atoms with van der Waals surface area (Å²) in [5.41, 5.74) is 1.95. The first-order chi connectivity index (χ1) is 12.7. The molecule has 0 spiro atoms. The predicted octanol–water partition coefficient (Wildman–Crippen LogP) is 2.47. The molecule has 0 bridgehead atoms. The lowest BCUT2D eigenvalue weighted by molar-refractivity contribution is 0.126. The first-order valence-electron chi connectivity index (χ1n) is 8.85. The van der Waals surface area contributed by atoms with Crippen molar-refractivity contribution >= 4 is 0 Å². The lowest BCUT2D eigenvalue weighted by Crippen LogP contribution is -2.46. The molecule has 4 rings (SSSR count). The Kier molecular flexibility index (Phi) is 4.61. The molecule has 1 atom stereocenters. The first kappa shape index (κ1) is 17.0. The van der Waals surface area contributed by atoms with Gasteiger partial charge in [-0.3, -0.25) is 4.90 Å². The van der Waals surface area contributed by atoms with Gasteiger partial charge >= 0.3 is 0 Å². The summed E-state index contributed by atoms with van der Waals surface area (Å²) in [6.45, 7) is 4.05. The van der Waals surface area contributed by atoms with Crippen molar-refractivity contribution < 1.29 is 19.3 Å². The largest absolute Gasteiger partial charge is 0.507 e. The SMILES string of the molecule is COc1ccc([C@@H](c2cc3c(cc2O)OCO3)N2CCN(C)CC2)cc1.